The van der Waals surface area contributed by atoms with Crippen molar-refractivity contribution in [1.29, 1.82) is 0 Å². The molecule has 2 N–H and O–H groups in total. The number of aliphatic hydroxyl groups is 1. The van der Waals surface area contributed by atoms with Gasteiger partial charge in [-0.15, -0.1) is 0 Å². The number of likely N-dealkylation sites (tertiary alicyclic amines) is 1. The molecular formula is C19H25ClN2O3. The number of amides is 2. The number of hydrogen-bond donors (Lipinski definition) is 2. The van der Waals surface area contributed by atoms with Gasteiger partial charge >= 0.3 is 0 Å². The molecule has 0 spiro atoms. The van der Waals surface area contributed by atoms with Crippen molar-refractivity contribution in [2.75, 3.05) is 13.1 Å². The quantitative estimate of drug-likeness (QED) is 0.863. The van der Waals surface area contributed by atoms with E-state index in [1.54, 1.807) is 24.3 Å². The fraction of sp³-hybridized carbons (Fsp3) is 0.579. The van der Waals surface area contributed by atoms with Crippen molar-refractivity contribution < 1.29 is 14.7 Å². The van der Waals surface area contributed by atoms with Crippen LogP contribution in [0.15, 0.2) is 24.3 Å². The van der Waals surface area contributed by atoms with Crippen LogP contribution in [0.5, 0.6) is 0 Å². The molecule has 136 valence electrons. The van der Waals surface area contributed by atoms with Gasteiger partial charge in [-0.25, -0.2) is 0 Å². The van der Waals surface area contributed by atoms with E-state index in [9.17, 15) is 14.7 Å². The molecule has 1 heterocycles. The Morgan fingerprint density at radius 3 is 2.28 bits per heavy atom. The number of benzene rings is 1. The molecule has 1 saturated carbocycles. The van der Waals surface area contributed by atoms with Crippen molar-refractivity contribution >= 4 is 23.4 Å². The van der Waals surface area contributed by atoms with Gasteiger partial charge in [0.05, 0.1) is 0 Å². The van der Waals surface area contributed by atoms with Crippen LogP contribution in [0.25, 0.3) is 0 Å². The van der Waals surface area contributed by atoms with Crippen molar-refractivity contribution in [2.24, 2.45) is 5.92 Å². The third-order valence-corrected chi connectivity index (χ3v) is 5.54. The molecular weight excluding hydrogens is 340 g/mol. The topological polar surface area (TPSA) is 69.6 Å². The molecule has 25 heavy (non-hydrogen) atoms. The fourth-order valence-corrected chi connectivity index (χ4v) is 3.88. The molecule has 1 aliphatic carbocycles. The maximum Gasteiger partial charge on any atom is 0.253 e. The van der Waals surface area contributed by atoms with E-state index < -0.39 is 12.0 Å². The highest BCUT2D eigenvalue weighted by atomic mass is 35.5. The smallest absolute Gasteiger partial charge is 0.253 e. The van der Waals surface area contributed by atoms with Crippen molar-refractivity contribution in [2.45, 2.75) is 50.7 Å². The Hall–Kier alpha value is -1.59. The third kappa shape index (κ3) is 4.53. The van der Waals surface area contributed by atoms with E-state index in [-0.39, 0.29) is 17.9 Å². The molecule has 0 aromatic heterocycles. The highest BCUT2D eigenvalue weighted by molar-refractivity contribution is 6.30. The van der Waals surface area contributed by atoms with Crippen molar-refractivity contribution in [3.63, 3.8) is 0 Å². The Labute approximate surface area is 153 Å². The first-order chi connectivity index (χ1) is 12.0. The average Bonchev–Trinajstić information content (AvgIpc) is 3.16. The Morgan fingerprint density at radius 2 is 1.68 bits per heavy atom. The van der Waals surface area contributed by atoms with Crippen molar-refractivity contribution in [3.8, 4) is 0 Å². The second-order valence-electron chi connectivity index (χ2n) is 7.04. The van der Waals surface area contributed by atoms with Gasteiger partial charge in [-0.2, -0.15) is 0 Å². The molecule has 1 atom stereocenters. The maximum atomic E-state index is 12.4. The van der Waals surface area contributed by atoms with Gasteiger partial charge in [-0.1, -0.05) is 36.6 Å². The van der Waals surface area contributed by atoms with Gasteiger partial charge in [0.15, 0.2) is 6.10 Å². The monoisotopic (exact) mass is 364 g/mol. The van der Waals surface area contributed by atoms with E-state index in [1.165, 1.54) is 0 Å². The van der Waals surface area contributed by atoms with Crippen LogP contribution < -0.4 is 5.32 Å². The SMILES string of the molecule is O=C(NC1CCN(C(=O)C2CCCC2)CC1)C(O)c1ccc(Cl)cc1. The van der Waals surface area contributed by atoms with E-state index in [0.717, 1.165) is 38.5 Å². The summed E-state index contributed by atoms with van der Waals surface area (Å²) in [5.74, 6) is 0.0873. The number of aliphatic hydroxyl groups excluding tert-OH is 1. The van der Waals surface area contributed by atoms with Crippen LogP contribution in [0.4, 0.5) is 0 Å². The number of halogens is 1. The molecule has 2 aliphatic rings. The second-order valence-corrected chi connectivity index (χ2v) is 7.48. The van der Waals surface area contributed by atoms with Gasteiger partial charge in [0.25, 0.3) is 5.91 Å². The van der Waals surface area contributed by atoms with E-state index in [2.05, 4.69) is 5.32 Å². The number of nitrogens with one attached hydrogen (secondary N) is 1. The van der Waals surface area contributed by atoms with Crippen LogP contribution in [-0.4, -0.2) is 41.0 Å². The molecule has 1 saturated heterocycles. The van der Waals surface area contributed by atoms with Gasteiger partial charge in [0.2, 0.25) is 5.91 Å². The largest absolute Gasteiger partial charge is 0.378 e. The number of rotatable bonds is 4. The number of carbonyl (C=O) groups is 2. The number of piperidine rings is 1. The minimum absolute atomic E-state index is 0.00192. The predicted molar refractivity (Wildman–Crippen MR) is 96.1 cm³/mol. The molecule has 5 nitrogen and oxygen atoms in total. The van der Waals surface area contributed by atoms with E-state index >= 15 is 0 Å². The molecule has 0 bridgehead atoms. The predicted octanol–water partition coefficient (Wildman–Crippen LogP) is 2.67. The Bertz CT molecular complexity index is 606. The average molecular weight is 365 g/mol. The zero-order valence-electron chi connectivity index (χ0n) is 14.3. The molecule has 1 aromatic rings. The molecule has 2 fully saturated rings. The Morgan fingerprint density at radius 1 is 1.08 bits per heavy atom. The van der Waals surface area contributed by atoms with Crippen LogP contribution in [0, 0.1) is 5.92 Å². The summed E-state index contributed by atoms with van der Waals surface area (Å²) in [4.78, 5) is 26.6. The molecule has 1 unspecified atom stereocenters. The third-order valence-electron chi connectivity index (χ3n) is 5.29. The number of nitrogens with zero attached hydrogens (tertiary/aromatic N) is 1. The second kappa shape index (κ2) is 8.19. The summed E-state index contributed by atoms with van der Waals surface area (Å²) in [7, 11) is 0. The lowest BCUT2D eigenvalue weighted by molar-refractivity contribution is -0.136. The van der Waals surface area contributed by atoms with E-state index in [0.29, 0.717) is 23.7 Å². The van der Waals surface area contributed by atoms with Gasteiger partial charge in [0, 0.05) is 30.1 Å². The summed E-state index contributed by atoms with van der Waals surface area (Å²) in [6, 6.07) is 6.61. The molecule has 1 aliphatic heterocycles. The van der Waals surface area contributed by atoms with E-state index in [4.69, 9.17) is 11.6 Å². The van der Waals surface area contributed by atoms with Crippen molar-refractivity contribution in [3.05, 3.63) is 34.9 Å². The number of carbonyl (C=O) groups excluding carboxylic acids is 2. The lowest BCUT2D eigenvalue weighted by Gasteiger charge is -2.34. The molecule has 3 rings (SSSR count). The van der Waals surface area contributed by atoms with Crippen LogP contribution in [-0.2, 0) is 9.59 Å². The summed E-state index contributed by atoms with van der Waals surface area (Å²) >= 11 is 5.82. The molecule has 2 amide bonds. The maximum absolute atomic E-state index is 12.4. The first-order valence-corrected chi connectivity index (χ1v) is 9.45. The zero-order chi connectivity index (χ0) is 17.8. The van der Waals surface area contributed by atoms with Gasteiger partial charge in [0.1, 0.15) is 0 Å². The summed E-state index contributed by atoms with van der Waals surface area (Å²) in [5.41, 5.74) is 0.524. The zero-order valence-corrected chi connectivity index (χ0v) is 15.0. The summed E-state index contributed by atoms with van der Waals surface area (Å²) in [6.07, 6.45) is 4.62. The summed E-state index contributed by atoms with van der Waals surface area (Å²) < 4.78 is 0. The van der Waals surface area contributed by atoms with Crippen LogP contribution in [0.3, 0.4) is 0 Å². The minimum atomic E-state index is -1.20. The fourth-order valence-electron chi connectivity index (χ4n) is 3.75. The molecule has 0 radical (unpaired) electrons. The Kier molecular flexibility index (Phi) is 5.97. The highest BCUT2D eigenvalue weighted by Crippen LogP contribution is 2.27. The first-order valence-electron chi connectivity index (χ1n) is 9.07. The first kappa shape index (κ1) is 18.2. The van der Waals surface area contributed by atoms with Crippen LogP contribution >= 0.6 is 11.6 Å². The van der Waals surface area contributed by atoms with Crippen molar-refractivity contribution in [1.82, 2.24) is 10.2 Å². The molecule has 1 aromatic carbocycles. The minimum Gasteiger partial charge on any atom is -0.378 e. The van der Waals surface area contributed by atoms with Crippen LogP contribution in [0.2, 0.25) is 5.02 Å². The normalized spacial score (nSPS) is 20.5. The highest BCUT2D eigenvalue weighted by Gasteiger charge is 2.31. The lowest BCUT2D eigenvalue weighted by atomic mass is 10.0. The Balaban J connectivity index is 1.47. The standard InChI is InChI=1S/C19H25ClN2O3/c20-15-7-5-13(6-8-15)17(23)18(24)21-16-9-11-22(12-10-16)19(25)14-3-1-2-4-14/h5-8,14,16-17,23H,1-4,9-12H2,(H,21,24). The van der Waals surface area contributed by atoms with Gasteiger partial charge in [-0.3, -0.25) is 9.59 Å². The molecule has 6 heteroatoms. The van der Waals surface area contributed by atoms with Gasteiger partial charge in [-0.05, 0) is 43.4 Å². The summed E-state index contributed by atoms with van der Waals surface area (Å²) in [6.45, 7) is 1.36. The van der Waals surface area contributed by atoms with E-state index in [1.807, 2.05) is 4.90 Å². The van der Waals surface area contributed by atoms with Gasteiger partial charge < -0.3 is 15.3 Å². The lowest BCUT2D eigenvalue weighted by Crippen LogP contribution is -2.48. The number of hydrogen-bond acceptors (Lipinski definition) is 3. The van der Waals surface area contributed by atoms with Crippen LogP contribution in [0.1, 0.15) is 50.2 Å². The summed E-state index contributed by atoms with van der Waals surface area (Å²) in [5, 5.41) is 13.6.